The minimum absolute atomic E-state index is 0.0213. The molecule has 1 atom stereocenters. The molecule has 0 radical (unpaired) electrons. The molecule has 0 bridgehead atoms. The maximum Gasteiger partial charge on any atom is 0.265 e. The number of aliphatic hydroxyl groups excluding tert-OH is 1. The second-order valence-corrected chi connectivity index (χ2v) is 5.51. The van der Waals surface area contributed by atoms with E-state index in [2.05, 4.69) is 0 Å². The van der Waals surface area contributed by atoms with Gasteiger partial charge in [0.25, 0.3) is 10.1 Å². The van der Waals surface area contributed by atoms with E-state index in [-0.39, 0.29) is 6.42 Å². The Labute approximate surface area is 102 Å². The van der Waals surface area contributed by atoms with Gasteiger partial charge in [-0.2, -0.15) is 13.5 Å². The van der Waals surface area contributed by atoms with E-state index in [4.69, 9.17) is 9.39 Å². The van der Waals surface area contributed by atoms with Crippen LogP contribution in [0.15, 0.2) is 0 Å². The molecule has 1 heterocycles. The SMILES string of the molecule is CCON1CCN(C(O)CCS(=O)(=O)O)CC1. The Morgan fingerprint density at radius 3 is 2.35 bits per heavy atom. The van der Waals surface area contributed by atoms with Gasteiger partial charge in [-0.15, -0.1) is 0 Å². The van der Waals surface area contributed by atoms with Gasteiger partial charge >= 0.3 is 0 Å². The van der Waals surface area contributed by atoms with Crippen molar-refractivity contribution < 1.29 is 22.9 Å². The summed E-state index contributed by atoms with van der Waals surface area (Å²) in [5, 5.41) is 11.6. The highest BCUT2D eigenvalue weighted by molar-refractivity contribution is 7.85. The standard InChI is InChI=1S/C9H20N2O5S/c1-2-16-11-6-4-10(5-7-11)9(12)3-8-17(13,14)15/h9,12H,2-8H2,1H3,(H,13,14,15). The van der Waals surface area contributed by atoms with E-state index >= 15 is 0 Å². The molecule has 7 nitrogen and oxygen atoms in total. The summed E-state index contributed by atoms with van der Waals surface area (Å²) in [6.45, 7) is 5.12. The summed E-state index contributed by atoms with van der Waals surface area (Å²) in [4.78, 5) is 7.09. The van der Waals surface area contributed by atoms with E-state index in [0.29, 0.717) is 32.8 Å². The Morgan fingerprint density at radius 1 is 1.29 bits per heavy atom. The zero-order valence-electron chi connectivity index (χ0n) is 9.95. The van der Waals surface area contributed by atoms with Gasteiger partial charge in [0, 0.05) is 32.6 Å². The summed E-state index contributed by atoms with van der Waals surface area (Å²) in [6.07, 6.45) is -0.811. The van der Waals surface area contributed by atoms with Crippen LogP contribution in [0.1, 0.15) is 13.3 Å². The monoisotopic (exact) mass is 268 g/mol. The fraction of sp³-hybridized carbons (Fsp3) is 1.00. The van der Waals surface area contributed by atoms with Crippen LogP contribution in [0.25, 0.3) is 0 Å². The highest BCUT2D eigenvalue weighted by atomic mass is 32.2. The fourth-order valence-electron chi connectivity index (χ4n) is 1.75. The van der Waals surface area contributed by atoms with E-state index < -0.39 is 22.1 Å². The normalized spacial score (nSPS) is 21.6. The van der Waals surface area contributed by atoms with Crippen LogP contribution in [0.2, 0.25) is 0 Å². The summed E-state index contributed by atoms with van der Waals surface area (Å²) in [5.41, 5.74) is 0. The molecule has 0 aromatic carbocycles. The lowest BCUT2D eigenvalue weighted by Crippen LogP contribution is -2.50. The van der Waals surface area contributed by atoms with Crippen molar-refractivity contribution in [2.45, 2.75) is 19.6 Å². The third kappa shape index (κ3) is 5.75. The molecule has 1 fully saturated rings. The Balaban J connectivity index is 2.28. The highest BCUT2D eigenvalue weighted by Crippen LogP contribution is 2.08. The van der Waals surface area contributed by atoms with Crippen molar-refractivity contribution in [1.29, 1.82) is 0 Å². The topological polar surface area (TPSA) is 90.3 Å². The van der Waals surface area contributed by atoms with Crippen LogP contribution in [0, 0.1) is 0 Å². The largest absolute Gasteiger partial charge is 0.378 e. The number of rotatable bonds is 6. The molecule has 102 valence electrons. The molecule has 0 aromatic heterocycles. The van der Waals surface area contributed by atoms with Crippen LogP contribution in [-0.2, 0) is 15.0 Å². The molecule has 17 heavy (non-hydrogen) atoms. The average molecular weight is 268 g/mol. The van der Waals surface area contributed by atoms with Crippen molar-refractivity contribution in [1.82, 2.24) is 9.96 Å². The fourth-order valence-corrected chi connectivity index (χ4v) is 2.26. The minimum atomic E-state index is -4.00. The van der Waals surface area contributed by atoms with Crippen molar-refractivity contribution in [2.24, 2.45) is 0 Å². The Bertz CT molecular complexity index is 313. The third-order valence-corrected chi connectivity index (χ3v) is 3.39. The second-order valence-electron chi connectivity index (χ2n) is 3.94. The molecule has 1 aliphatic heterocycles. The molecule has 0 saturated carbocycles. The number of hydrogen-bond acceptors (Lipinski definition) is 6. The molecule has 1 unspecified atom stereocenters. The molecule has 2 N–H and O–H groups in total. The van der Waals surface area contributed by atoms with Crippen molar-refractivity contribution in [2.75, 3.05) is 38.5 Å². The molecular formula is C9H20N2O5S. The summed E-state index contributed by atoms with van der Waals surface area (Å²) >= 11 is 0. The first-order chi connectivity index (χ1) is 7.92. The average Bonchev–Trinajstić information content (AvgIpc) is 2.26. The lowest BCUT2D eigenvalue weighted by Gasteiger charge is -2.36. The quantitative estimate of drug-likeness (QED) is 0.606. The Hall–Kier alpha value is -0.250. The van der Waals surface area contributed by atoms with Gasteiger partial charge in [0.2, 0.25) is 0 Å². The summed E-state index contributed by atoms with van der Waals surface area (Å²) in [7, 11) is -4.00. The molecule has 0 amide bonds. The number of hydrogen-bond donors (Lipinski definition) is 2. The molecule has 1 aliphatic rings. The maximum atomic E-state index is 10.6. The third-order valence-electron chi connectivity index (χ3n) is 2.64. The van der Waals surface area contributed by atoms with E-state index in [1.165, 1.54) is 0 Å². The van der Waals surface area contributed by atoms with Crippen LogP contribution in [0.3, 0.4) is 0 Å². The van der Waals surface area contributed by atoms with Crippen molar-refractivity contribution in [3.05, 3.63) is 0 Å². The van der Waals surface area contributed by atoms with Gasteiger partial charge in [-0.3, -0.25) is 14.3 Å². The zero-order valence-corrected chi connectivity index (χ0v) is 10.8. The van der Waals surface area contributed by atoms with E-state index in [9.17, 15) is 13.5 Å². The number of piperazine rings is 1. The Kier molecular flexibility index (Phi) is 5.77. The number of hydroxylamine groups is 2. The summed E-state index contributed by atoms with van der Waals surface area (Å²) in [5.74, 6) is -0.417. The zero-order chi connectivity index (χ0) is 12.9. The highest BCUT2D eigenvalue weighted by Gasteiger charge is 2.23. The van der Waals surface area contributed by atoms with Crippen molar-refractivity contribution in [3.8, 4) is 0 Å². The molecule has 8 heteroatoms. The van der Waals surface area contributed by atoms with Gasteiger partial charge in [0.1, 0.15) is 6.23 Å². The van der Waals surface area contributed by atoms with Crippen LogP contribution < -0.4 is 0 Å². The van der Waals surface area contributed by atoms with Crippen LogP contribution >= 0.6 is 0 Å². The van der Waals surface area contributed by atoms with Gasteiger partial charge in [0.05, 0.1) is 12.4 Å². The molecule has 1 rings (SSSR count). The molecule has 0 spiro atoms. The summed E-state index contributed by atoms with van der Waals surface area (Å²) < 4.78 is 29.7. The van der Waals surface area contributed by atoms with Gasteiger partial charge in [-0.05, 0) is 6.92 Å². The first kappa shape index (κ1) is 14.8. The van der Waals surface area contributed by atoms with Gasteiger partial charge in [-0.25, -0.2) is 0 Å². The lowest BCUT2D eigenvalue weighted by atomic mass is 10.3. The van der Waals surface area contributed by atoms with Crippen molar-refractivity contribution >= 4 is 10.1 Å². The van der Waals surface area contributed by atoms with E-state index in [0.717, 1.165) is 0 Å². The van der Waals surface area contributed by atoms with Gasteiger partial charge in [0.15, 0.2) is 0 Å². The first-order valence-electron chi connectivity index (χ1n) is 5.67. The number of nitrogens with zero attached hydrogens (tertiary/aromatic N) is 2. The maximum absolute atomic E-state index is 10.6. The van der Waals surface area contributed by atoms with Crippen LogP contribution in [0.5, 0.6) is 0 Å². The van der Waals surface area contributed by atoms with Crippen molar-refractivity contribution in [3.63, 3.8) is 0 Å². The minimum Gasteiger partial charge on any atom is -0.378 e. The molecular weight excluding hydrogens is 248 g/mol. The summed E-state index contributed by atoms with van der Waals surface area (Å²) in [6, 6.07) is 0. The van der Waals surface area contributed by atoms with E-state index in [1.807, 2.05) is 12.0 Å². The van der Waals surface area contributed by atoms with E-state index in [1.54, 1.807) is 4.90 Å². The molecule has 1 saturated heterocycles. The smallest absolute Gasteiger partial charge is 0.265 e. The predicted molar refractivity (Wildman–Crippen MR) is 61.8 cm³/mol. The molecule has 0 aliphatic carbocycles. The second kappa shape index (κ2) is 6.62. The van der Waals surface area contributed by atoms with Gasteiger partial charge < -0.3 is 5.11 Å². The Morgan fingerprint density at radius 2 is 1.88 bits per heavy atom. The molecule has 0 aromatic rings. The number of aliphatic hydroxyl groups is 1. The van der Waals surface area contributed by atoms with Crippen LogP contribution in [0.4, 0.5) is 0 Å². The predicted octanol–water partition coefficient (Wildman–Crippen LogP) is -0.848. The van der Waals surface area contributed by atoms with Gasteiger partial charge in [-0.1, -0.05) is 0 Å². The van der Waals surface area contributed by atoms with Crippen LogP contribution in [-0.4, -0.2) is 72.8 Å². The lowest BCUT2D eigenvalue weighted by molar-refractivity contribution is -0.184. The first-order valence-corrected chi connectivity index (χ1v) is 7.28.